The van der Waals surface area contributed by atoms with Crippen molar-refractivity contribution in [3.8, 4) is 0 Å². The summed E-state index contributed by atoms with van der Waals surface area (Å²) in [6.45, 7) is 2.54. The second-order valence-electron chi connectivity index (χ2n) is 6.32. The Morgan fingerprint density at radius 3 is 2.83 bits per heavy atom. The highest BCUT2D eigenvalue weighted by Crippen LogP contribution is 2.37. The Labute approximate surface area is 135 Å². The normalized spacial score (nSPS) is 21.7. The van der Waals surface area contributed by atoms with Crippen molar-refractivity contribution in [2.24, 2.45) is 13.0 Å². The quantitative estimate of drug-likeness (QED) is 0.830. The smallest absolute Gasteiger partial charge is 0.222 e. The number of nitrogens with zero attached hydrogens (tertiary/aromatic N) is 4. The molecule has 23 heavy (non-hydrogen) atoms. The standard InChI is InChI=1S/C16H23N5O2/c1-11-3-5-17-21(11)6-4-15(23)19-16(12-7-14(22)8-12)13-9-18-20(2)10-13/h3,5,9-10,12,14,16,22H,4,6-8H2,1-2H3,(H,19,23)/t12?,14?,16-/m0/s1. The predicted molar refractivity (Wildman–Crippen MR) is 84.4 cm³/mol. The van der Waals surface area contributed by atoms with E-state index in [0.29, 0.717) is 13.0 Å². The summed E-state index contributed by atoms with van der Waals surface area (Å²) < 4.78 is 3.56. The molecular weight excluding hydrogens is 294 g/mol. The molecule has 0 aromatic carbocycles. The van der Waals surface area contributed by atoms with Crippen LogP contribution in [0.2, 0.25) is 0 Å². The Bertz CT molecular complexity index is 672. The molecule has 1 aliphatic carbocycles. The molecule has 124 valence electrons. The Kier molecular flexibility index (Phi) is 4.47. The van der Waals surface area contributed by atoms with Crippen molar-refractivity contribution in [3.63, 3.8) is 0 Å². The minimum Gasteiger partial charge on any atom is -0.393 e. The van der Waals surface area contributed by atoms with E-state index in [9.17, 15) is 9.90 Å². The van der Waals surface area contributed by atoms with E-state index < -0.39 is 0 Å². The lowest BCUT2D eigenvalue weighted by Gasteiger charge is -2.37. The van der Waals surface area contributed by atoms with Gasteiger partial charge in [-0.05, 0) is 31.7 Å². The topological polar surface area (TPSA) is 85.0 Å². The van der Waals surface area contributed by atoms with Crippen LogP contribution >= 0.6 is 0 Å². The van der Waals surface area contributed by atoms with Crippen molar-refractivity contribution < 1.29 is 9.90 Å². The first-order valence-corrected chi connectivity index (χ1v) is 7.97. The van der Waals surface area contributed by atoms with Crippen molar-refractivity contribution in [2.75, 3.05) is 0 Å². The number of carbonyl (C=O) groups is 1. The summed E-state index contributed by atoms with van der Waals surface area (Å²) in [6, 6.07) is 1.84. The number of nitrogens with one attached hydrogen (secondary N) is 1. The number of rotatable bonds is 6. The highest BCUT2D eigenvalue weighted by molar-refractivity contribution is 5.76. The third-order valence-corrected chi connectivity index (χ3v) is 4.50. The Balaban J connectivity index is 1.61. The van der Waals surface area contributed by atoms with Gasteiger partial charge in [0, 0.05) is 43.7 Å². The number of amides is 1. The summed E-state index contributed by atoms with van der Waals surface area (Å²) >= 11 is 0. The summed E-state index contributed by atoms with van der Waals surface area (Å²) in [5, 5.41) is 21.1. The zero-order valence-corrected chi connectivity index (χ0v) is 13.5. The summed E-state index contributed by atoms with van der Waals surface area (Å²) in [6.07, 6.45) is 7.02. The molecule has 0 aliphatic heterocycles. The van der Waals surface area contributed by atoms with Gasteiger partial charge in [0.2, 0.25) is 5.91 Å². The molecule has 0 spiro atoms. The molecule has 7 nitrogen and oxygen atoms in total. The maximum absolute atomic E-state index is 12.3. The van der Waals surface area contributed by atoms with Gasteiger partial charge in [0.15, 0.2) is 0 Å². The van der Waals surface area contributed by atoms with E-state index in [1.807, 2.05) is 30.9 Å². The number of aliphatic hydroxyl groups excluding tert-OH is 1. The van der Waals surface area contributed by atoms with E-state index in [4.69, 9.17) is 0 Å². The van der Waals surface area contributed by atoms with Crippen LogP contribution in [0.15, 0.2) is 24.7 Å². The van der Waals surface area contributed by atoms with Crippen molar-refractivity contribution in [1.29, 1.82) is 0 Å². The molecule has 0 unspecified atom stereocenters. The van der Waals surface area contributed by atoms with Crippen LogP contribution in [-0.4, -0.2) is 36.7 Å². The number of aromatic nitrogens is 4. The minimum atomic E-state index is -0.247. The van der Waals surface area contributed by atoms with E-state index in [2.05, 4.69) is 15.5 Å². The zero-order chi connectivity index (χ0) is 16.4. The third-order valence-electron chi connectivity index (χ3n) is 4.50. The lowest BCUT2D eigenvalue weighted by atomic mass is 9.75. The summed E-state index contributed by atoms with van der Waals surface area (Å²) in [5.41, 5.74) is 2.04. The van der Waals surface area contributed by atoms with Gasteiger partial charge in [-0.15, -0.1) is 0 Å². The fraction of sp³-hybridized carbons (Fsp3) is 0.562. The van der Waals surface area contributed by atoms with Crippen molar-refractivity contribution in [2.45, 2.75) is 44.9 Å². The molecule has 2 aromatic rings. The average Bonchev–Trinajstić information content (AvgIpc) is 3.08. The van der Waals surface area contributed by atoms with Gasteiger partial charge in [-0.25, -0.2) is 0 Å². The van der Waals surface area contributed by atoms with Crippen LogP contribution in [0, 0.1) is 12.8 Å². The van der Waals surface area contributed by atoms with Gasteiger partial charge in [-0.2, -0.15) is 10.2 Å². The number of hydrogen-bond acceptors (Lipinski definition) is 4. The molecule has 3 rings (SSSR count). The van der Waals surface area contributed by atoms with Crippen LogP contribution in [0.4, 0.5) is 0 Å². The van der Waals surface area contributed by atoms with Gasteiger partial charge in [0.25, 0.3) is 0 Å². The third kappa shape index (κ3) is 3.61. The average molecular weight is 317 g/mol. The van der Waals surface area contributed by atoms with Gasteiger partial charge >= 0.3 is 0 Å². The Morgan fingerprint density at radius 1 is 1.48 bits per heavy atom. The van der Waals surface area contributed by atoms with Crippen LogP contribution in [-0.2, 0) is 18.4 Å². The van der Waals surface area contributed by atoms with Gasteiger partial charge < -0.3 is 10.4 Å². The Hall–Kier alpha value is -2.15. The highest BCUT2D eigenvalue weighted by atomic mass is 16.3. The maximum atomic E-state index is 12.3. The van der Waals surface area contributed by atoms with Gasteiger partial charge in [-0.3, -0.25) is 14.2 Å². The molecule has 1 atom stereocenters. The maximum Gasteiger partial charge on any atom is 0.222 e. The van der Waals surface area contributed by atoms with Gasteiger partial charge in [0.1, 0.15) is 0 Å². The van der Waals surface area contributed by atoms with Crippen LogP contribution in [0.25, 0.3) is 0 Å². The zero-order valence-electron chi connectivity index (χ0n) is 13.5. The van der Waals surface area contributed by atoms with Gasteiger partial charge in [-0.1, -0.05) is 0 Å². The number of aliphatic hydroxyl groups is 1. The number of aryl methyl sites for hydroxylation is 3. The first-order valence-electron chi connectivity index (χ1n) is 7.97. The number of carbonyl (C=O) groups excluding carboxylic acids is 1. The SMILES string of the molecule is Cc1ccnn1CCC(=O)N[C@H](c1cnn(C)c1)C1CC(O)C1. The monoisotopic (exact) mass is 317 g/mol. The Morgan fingerprint density at radius 2 is 2.26 bits per heavy atom. The van der Waals surface area contributed by atoms with Crippen LogP contribution in [0.3, 0.4) is 0 Å². The van der Waals surface area contributed by atoms with Gasteiger partial charge in [0.05, 0.1) is 18.3 Å². The second-order valence-corrected chi connectivity index (χ2v) is 6.32. The molecule has 1 fully saturated rings. The molecule has 2 N–H and O–H groups in total. The molecule has 1 amide bonds. The minimum absolute atomic E-state index is 0.00450. The lowest BCUT2D eigenvalue weighted by molar-refractivity contribution is -0.123. The van der Waals surface area contributed by atoms with Crippen LogP contribution < -0.4 is 5.32 Å². The summed E-state index contributed by atoms with van der Waals surface area (Å²) in [5.74, 6) is 0.264. The second kappa shape index (κ2) is 6.54. The first-order chi connectivity index (χ1) is 11.0. The molecule has 0 radical (unpaired) electrons. The van der Waals surface area contributed by atoms with Crippen molar-refractivity contribution >= 4 is 5.91 Å². The molecule has 7 heteroatoms. The fourth-order valence-electron chi connectivity index (χ4n) is 3.06. The van der Waals surface area contributed by atoms with Crippen LogP contribution in [0.5, 0.6) is 0 Å². The molecular formula is C16H23N5O2. The van der Waals surface area contributed by atoms with E-state index >= 15 is 0 Å². The molecule has 0 bridgehead atoms. The largest absolute Gasteiger partial charge is 0.393 e. The first kappa shape index (κ1) is 15.7. The van der Waals surface area contributed by atoms with E-state index in [1.54, 1.807) is 17.1 Å². The number of hydrogen-bond donors (Lipinski definition) is 2. The summed E-state index contributed by atoms with van der Waals surface area (Å²) in [7, 11) is 1.86. The van der Waals surface area contributed by atoms with Crippen molar-refractivity contribution in [3.05, 3.63) is 35.9 Å². The molecule has 0 saturated heterocycles. The summed E-state index contributed by atoms with van der Waals surface area (Å²) in [4.78, 5) is 12.3. The fourth-order valence-corrected chi connectivity index (χ4v) is 3.06. The van der Waals surface area contributed by atoms with E-state index in [1.165, 1.54) is 0 Å². The van der Waals surface area contributed by atoms with Crippen LogP contribution in [0.1, 0.15) is 36.6 Å². The van der Waals surface area contributed by atoms with Crippen molar-refractivity contribution in [1.82, 2.24) is 24.9 Å². The highest BCUT2D eigenvalue weighted by Gasteiger charge is 2.36. The van der Waals surface area contributed by atoms with E-state index in [0.717, 1.165) is 24.1 Å². The molecule has 1 saturated carbocycles. The molecule has 2 aromatic heterocycles. The predicted octanol–water partition coefficient (Wildman–Crippen LogP) is 0.944. The lowest BCUT2D eigenvalue weighted by Crippen LogP contribution is -2.41. The van der Waals surface area contributed by atoms with E-state index in [-0.39, 0.29) is 24.0 Å². The molecule has 2 heterocycles. The molecule has 1 aliphatic rings.